The van der Waals surface area contributed by atoms with Crippen molar-refractivity contribution >= 4 is 88.4 Å². The second kappa shape index (κ2) is 35.9. The number of fused-ring (bicyclic) bond motifs is 3. The summed E-state index contributed by atoms with van der Waals surface area (Å²) in [7, 11) is 0. The molecule has 81 heavy (non-hydrogen) atoms. The fourth-order valence-corrected chi connectivity index (χ4v) is 12.2. The zero-order valence-corrected chi connectivity index (χ0v) is 53.1. The molecule has 7 aromatic rings. The lowest BCUT2D eigenvalue weighted by Gasteiger charge is -2.39. The Hall–Kier alpha value is -3.29. The summed E-state index contributed by atoms with van der Waals surface area (Å²) < 4.78 is -0.415. The van der Waals surface area contributed by atoms with E-state index in [1.54, 1.807) is 0 Å². The molecule has 0 radical (unpaired) electrons. The van der Waals surface area contributed by atoms with E-state index in [9.17, 15) is 25.5 Å². The molecule has 3 aliphatic carbocycles. The topological polar surface area (TPSA) is 142 Å². The van der Waals surface area contributed by atoms with Crippen LogP contribution in [0.15, 0.2) is 206 Å². The van der Waals surface area contributed by atoms with Gasteiger partial charge in [0.25, 0.3) is 0 Å². The van der Waals surface area contributed by atoms with Gasteiger partial charge in [-0.15, -0.1) is 0 Å². The summed E-state index contributed by atoms with van der Waals surface area (Å²) in [5.74, 6) is 2.06. The van der Waals surface area contributed by atoms with E-state index in [4.69, 9.17) is 10.2 Å². The minimum Gasteiger partial charge on any atom is -0.395 e. The van der Waals surface area contributed by atoms with Crippen LogP contribution in [0.5, 0.6) is 0 Å². The van der Waals surface area contributed by atoms with Crippen molar-refractivity contribution in [1.82, 2.24) is 0 Å². The first-order valence-corrected chi connectivity index (χ1v) is 31.1. The van der Waals surface area contributed by atoms with Crippen LogP contribution in [0.25, 0.3) is 0 Å². The van der Waals surface area contributed by atoms with E-state index in [-0.39, 0.29) is 51.8 Å². The minimum absolute atomic E-state index is 0.0163. The Labute approximate surface area is 522 Å². The van der Waals surface area contributed by atoms with Crippen molar-refractivity contribution in [3.63, 3.8) is 0 Å². The average molecular weight is 1230 g/mol. The van der Waals surface area contributed by atoms with Crippen LogP contribution in [0.4, 0.5) is 0 Å². The standard InChI is InChI=1S/C14H14OS.C10H18OS.C9H10OS.2C9H12OS.2C8H10OS/c15-13(11-7-3-1-4-8-11)14(16)12-9-5-2-6-10-12;1-9(2)7-3-4-10(9,6-12)8(11)5-7;10-8-5-6-3-1-2-4-7(6)9(8)11;1-9(11,7-10)8-5-3-2-4-6-8;1-7(11)9(10)8-5-3-2-4-6-8;9-8(6-10)7-4-2-1-3-5-7;9-6-8(10)7-4-2-1-3-5-7/h1-10,13-16H;7-8,11-12H,3-6H2,1-2H3;1-4,8-11H,5H2;2-6,10-11H,7H2,1H3;2-7,9-11H,1H3;2*1-5,8-10H,6H2/t;;8-,9+;9-;7-,9?;8-;/m..0100./s1. The van der Waals surface area contributed by atoms with Gasteiger partial charge >= 0.3 is 0 Å². The second-order valence-electron chi connectivity index (χ2n) is 21.3. The first kappa shape index (κ1) is 70.2. The Bertz CT molecular complexity index is 2660. The summed E-state index contributed by atoms with van der Waals surface area (Å²) in [5, 5.41) is 65.8. The molecule has 7 unspecified atom stereocenters. The molecule has 0 heterocycles. The van der Waals surface area contributed by atoms with Crippen molar-refractivity contribution in [1.29, 1.82) is 0 Å². The van der Waals surface area contributed by atoms with E-state index in [2.05, 4.69) is 108 Å². The Morgan fingerprint density at radius 2 is 1.00 bits per heavy atom. The minimum atomic E-state index is -0.577. The van der Waals surface area contributed by atoms with Gasteiger partial charge in [0.1, 0.15) is 0 Å². The van der Waals surface area contributed by atoms with Crippen LogP contribution in [-0.2, 0) is 11.2 Å². The molecule has 7 aromatic carbocycles. The van der Waals surface area contributed by atoms with Crippen molar-refractivity contribution < 1.29 is 35.7 Å². The SMILES string of the molecule is CC1(C)C2CCC1(CS)C(O)C2.C[C@@](S)(CO)c1ccccc1.C[C@H](S)C(O)c1ccccc1.OC(c1ccccc1)C(S)c1ccccc1.OCC(S)c1ccccc1.O[C@@H](CS)c1ccccc1.O[C@H]1Cc2ccccc2[C@H]1S. The summed E-state index contributed by atoms with van der Waals surface area (Å²) in [5.41, 5.74) is 8.75. The predicted octanol–water partition coefficient (Wildman–Crippen LogP) is 14.2. The van der Waals surface area contributed by atoms with Gasteiger partial charge in [0.15, 0.2) is 0 Å². The highest BCUT2D eigenvalue weighted by Crippen LogP contribution is 2.66. The molecule has 0 aliphatic heterocycles. The van der Waals surface area contributed by atoms with Gasteiger partial charge < -0.3 is 35.7 Å². The van der Waals surface area contributed by atoms with Crippen LogP contribution >= 0.6 is 88.4 Å². The zero-order chi connectivity index (χ0) is 59.6. The number of aliphatic hydroxyl groups is 7. The van der Waals surface area contributed by atoms with Gasteiger partial charge in [-0.2, -0.15) is 88.4 Å². The molecule has 3 aliphatic rings. The highest BCUT2D eigenvalue weighted by Gasteiger charge is 2.62. The number of thiol groups is 7. The normalized spacial score (nSPS) is 21.7. The summed E-state index contributed by atoms with van der Waals surface area (Å²) in [6, 6.07) is 66.0. The van der Waals surface area contributed by atoms with E-state index in [1.165, 1.54) is 24.0 Å². The molecule has 0 saturated heterocycles. The lowest BCUT2D eigenvalue weighted by atomic mass is 9.70. The molecule has 2 fully saturated rings. The van der Waals surface area contributed by atoms with Crippen LogP contribution < -0.4 is 0 Å². The number of hydrogen-bond acceptors (Lipinski definition) is 14. The lowest BCUT2D eigenvalue weighted by molar-refractivity contribution is 0.0171. The molecule has 438 valence electrons. The second-order valence-corrected chi connectivity index (χ2v) is 25.5. The van der Waals surface area contributed by atoms with E-state index in [0.717, 1.165) is 57.9 Å². The highest BCUT2D eigenvalue weighted by atomic mass is 32.1. The average Bonchev–Trinajstić information content (AvgIpc) is 4.15. The monoisotopic (exact) mass is 1230 g/mol. The molecule has 7 nitrogen and oxygen atoms in total. The number of benzene rings is 7. The molecule has 12 atom stereocenters. The molecule has 7 N–H and O–H groups in total. The third-order valence-corrected chi connectivity index (χ3v) is 18.7. The molecule has 10 rings (SSSR count). The van der Waals surface area contributed by atoms with Crippen LogP contribution in [0.1, 0.15) is 126 Å². The van der Waals surface area contributed by atoms with E-state index >= 15 is 0 Å². The maximum absolute atomic E-state index is 10.2. The Morgan fingerprint density at radius 1 is 0.580 bits per heavy atom. The van der Waals surface area contributed by atoms with Gasteiger partial charge in [0, 0.05) is 28.1 Å². The lowest BCUT2D eigenvalue weighted by Crippen LogP contribution is -2.40. The van der Waals surface area contributed by atoms with Gasteiger partial charge in [0.2, 0.25) is 0 Å². The van der Waals surface area contributed by atoms with Gasteiger partial charge in [-0.1, -0.05) is 227 Å². The molecule has 0 spiro atoms. The first-order chi connectivity index (χ1) is 38.7. The maximum atomic E-state index is 10.2. The Balaban J connectivity index is 0.000000205. The van der Waals surface area contributed by atoms with E-state index in [0.29, 0.717) is 11.2 Å². The molecular weight excluding hydrogens is 1140 g/mol. The molecular formula is C67H86O7S7. The van der Waals surface area contributed by atoms with Crippen molar-refractivity contribution in [2.24, 2.45) is 16.7 Å². The fourth-order valence-electron chi connectivity index (χ4n) is 10.0. The Morgan fingerprint density at radius 3 is 1.38 bits per heavy atom. The smallest absolute Gasteiger partial charge is 0.0946 e. The van der Waals surface area contributed by atoms with Crippen LogP contribution in [0, 0.1) is 16.7 Å². The van der Waals surface area contributed by atoms with Crippen molar-refractivity contribution in [2.45, 2.75) is 110 Å². The fraction of sp³-hybridized carbons (Fsp3) is 0.373. The number of aliphatic hydroxyl groups excluding tert-OH is 7. The predicted molar refractivity (Wildman–Crippen MR) is 361 cm³/mol. The van der Waals surface area contributed by atoms with E-state index in [1.807, 2.05) is 214 Å². The van der Waals surface area contributed by atoms with Gasteiger partial charge in [-0.3, -0.25) is 0 Å². The van der Waals surface area contributed by atoms with Crippen molar-refractivity contribution in [3.8, 4) is 0 Å². The van der Waals surface area contributed by atoms with Gasteiger partial charge in [-0.05, 0) is 87.8 Å². The van der Waals surface area contributed by atoms with Gasteiger partial charge in [-0.25, -0.2) is 0 Å². The third kappa shape index (κ3) is 21.0. The summed E-state index contributed by atoms with van der Waals surface area (Å²) in [4.78, 5) is 0. The van der Waals surface area contributed by atoms with E-state index < -0.39 is 23.1 Å². The number of rotatable bonds is 12. The summed E-state index contributed by atoms with van der Waals surface area (Å²) >= 11 is 29.8. The highest BCUT2D eigenvalue weighted by molar-refractivity contribution is 7.81. The number of hydrogen-bond donors (Lipinski definition) is 14. The van der Waals surface area contributed by atoms with Crippen molar-refractivity contribution in [2.75, 3.05) is 24.7 Å². The molecule has 2 saturated carbocycles. The van der Waals surface area contributed by atoms with Gasteiger partial charge in [0.05, 0.1) is 59.0 Å². The van der Waals surface area contributed by atoms with Crippen LogP contribution in [0.2, 0.25) is 0 Å². The largest absolute Gasteiger partial charge is 0.395 e. The van der Waals surface area contributed by atoms with Crippen molar-refractivity contribution in [3.05, 3.63) is 251 Å². The first-order valence-electron chi connectivity index (χ1n) is 27.4. The summed E-state index contributed by atoms with van der Waals surface area (Å²) in [6.07, 6.45) is 2.38. The third-order valence-electron chi connectivity index (χ3n) is 15.4. The zero-order valence-electron chi connectivity index (χ0n) is 46.8. The quantitative estimate of drug-likeness (QED) is 0.0547. The van der Waals surface area contributed by atoms with Crippen LogP contribution in [0.3, 0.4) is 0 Å². The molecule has 14 heteroatoms. The molecule has 0 aromatic heterocycles. The van der Waals surface area contributed by atoms with Crippen LogP contribution in [-0.4, -0.2) is 77.9 Å². The molecule has 0 amide bonds. The Kier molecular flexibility index (Phi) is 31.1. The summed E-state index contributed by atoms with van der Waals surface area (Å²) in [6.45, 7) is 8.52. The molecule has 2 bridgehead atoms. The maximum Gasteiger partial charge on any atom is 0.0946 e.